The van der Waals surface area contributed by atoms with Crippen molar-refractivity contribution in [3.63, 3.8) is 0 Å². The summed E-state index contributed by atoms with van der Waals surface area (Å²) >= 11 is 1.63. The van der Waals surface area contributed by atoms with Crippen LogP contribution in [0.4, 0.5) is 0 Å². The Hall–Kier alpha value is -3.03. The summed E-state index contributed by atoms with van der Waals surface area (Å²) in [4.78, 5) is 15.9. The van der Waals surface area contributed by atoms with Crippen LogP contribution in [0.2, 0.25) is 0 Å². The van der Waals surface area contributed by atoms with Crippen LogP contribution in [0, 0.1) is 0 Å². The molecule has 4 rings (SSSR count). The van der Waals surface area contributed by atoms with Gasteiger partial charge in [-0.1, -0.05) is 32.0 Å². The maximum absolute atomic E-state index is 12.5. The predicted octanol–water partition coefficient (Wildman–Crippen LogP) is 5.24. The molecule has 0 fully saturated rings. The standard InChI is InChI=1S/C26H30N2O4S/c1-4-28(5-2)15-21-13-19(20-9-11-23-24(14-20)32-17-31-23)8-10-22(21)30-16-26(29)27-18(3)25-7-6-12-33-25/h6-14,18H,4-5,15-17H2,1-3H3,(H,27,29). The number of nitrogens with one attached hydrogen (secondary N) is 1. The number of ether oxygens (including phenoxy) is 3. The Balaban J connectivity index is 1.50. The molecule has 2 aromatic carbocycles. The highest BCUT2D eigenvalue weighted by Crippen LogP contribution is 2.37. The molecule has 0 saturated heterocycles. The van der Waals surface area contributed by atoms with Gasteiger partial charge in [-0.25, -0.2) is 0 Å². The van der Waals surface area contributed by atoms with E-state index in [1.54, 1.807) is 11.3 Å². The molecule has 0 saturated carbocycles. The normalized spacial score (nSPS) is 13.2. The van der Waals surface area contributed by atoms with Gasteiger partial charge in [0.1, 0.15) is 5.75 Å². The number of carbonyl (C=O) groups is 1. The summed E-state index contributed by atoms with van der Waals surface area (Å²) in [5.41, 5.74) is 3.17. The number of thiophene rings is 1. The van der Waals surface area contributed by atoms with Crippen molar-refractivity contribution in [1.82, 2.24) is 10.2 Å². The minimum absolute atomic E-state index is 0.0235. The first-order valence-electron chi connectivity index (χ1n) is 11.3. The topological polar surface area (TPSA) is 60.0 Å². The number of nitrogens with zero attached hydrogens (tertiary/aromatic N) is 1. The van der Waals surface area contributed by atoms with E-state index in [2.05, 4.69) is 30.1 Å². The number of carbonyl (C=O) groups excluding carboxylic acids is 1. The van der Waals surface area contributed by atoms with Crippen molar-refractivity contribution in [2.45, 2.75) is 33.4 Å². The molecular weight excluding hydrogens is 436 g/mol. The zero-order valence-electron chi connectivity index (χ0n) is 19.3. The van der Waals surface area contributed by atoms with Crippen molar-refractivity contribution >= 4 is 17.2 Å². The van der Waals surface area contributed by atoms with Gasteiger partial charge in [0.05, 0.1) is 6.04 Å². The van der Waals surface area contributed by atoms with Crippen LogP contribution in [-0.4, -0.2) is 37.3 Å². The average Bonchev–Trinajstić information content (AvgIpc) is 3.53. The fourth-order valence-electron chi connectivity index (χ4n) is 3.82. The molecule has 0 aliphatic carbocycles. The smallest absolute Gasteiger partial charge is 0.258 e. The first-order valence-corrected chi connectivity index (χ1v) is 12.2. The Kier molecular flexibility index (Phi) is 7.52. The van der Waals surface area contributed by atoms with Crippen molar-refractivity contribution in [2.75, 3.05) is 26.5 Å². The maximum atomic E-state index is 12.5. The third-order valence-corrected chi connectivity index (χ3v) is 6.82. The maximum Gasteiger partial charge on any atom is 0.258 e. The second-order valence-electron chi connectivity index (χ2n) is 7.95. The van der Waals surface area contributed by atoms with Gasteiger partial charge in [0, 0.05) is 17.0 Å². The van der Waals surface area contributed by atoms with Crippen LogP contribution < -0.4 is 19.5 Å². The number of amides is 1. The van der Waals surface area contributed by atoms with Crippen LogP contribution in [0.5, 0.6) is 17.2 Å². The molecule has 1 aromatic heterocycles. The summed E-state index contributed by atoms with van der Waals surface area (Å²) in [6, 6.07) is 16.0. The highest BCUT2D eigenvalue weighted by Gasteiger charge is 2.17. The predicted molar refractivity (Wildman–Crippen MR) is 131 cm³/mol. The van der Waals surface area contributed by atoms with Gasteiger partial charge in [0.2, 0.25) is 6.79 Å². The van der Waals surface area contributed by atoms with E-state index in [-0.39, 0.29) is 25.3 Å². The van der Waals surface area contributed by atoms with Crippen molar-refractivity contribution in [2.24, 2.45) is 0 Å². The van der Waals surface area contributed by atoms with Gasteiger partial charge >= 0.3 is 0 Å². The minimum atomic E-state index is -0.135. The molecule has 33 heavy (non-hydrogen) atoms. The van der Waals surface area contributed by atoms with Crippen LogP contribution in [0.25, 0.3) is 11.1 Å². The lowest BCUT2D eigenvalue weighted by molar-refractivity contribution is -0.123. The van der Waals surface area contributed by atoms with E-state index < -0.39 is 0 Å². The van der Waals surface area contributed by atoms with Gasteiger partial charge in [-0.05, 0) is 66.9 Å². The fraction of sp³-hybridized carbons (Fsp3) is 0.346. The zero-order chi connectivity index (χ0) is 23.2. The zero-order valence-corrected chi connectivity index (χ0v) is 20.1. The van der Waals surface area contributed by atoms with Gasteiger partial charge in [-0.2, -0.15) is 0 Å². The lowest BCUT2D eigenvalue weighted by Gasteiger charge is -2.21. The summed E-state index contributed by atoms with van der Waals surface area (Å²) in [5.74, 6) is 2.12. The molecule has 6 nitrogen and oxygen atoms in total. The SMILES string of the molecule is CCN(CC)Cc1cc(-c2ccc3c(c2)OCO3)ccc1OCC(=O)NC(C)c1cccs1. The summed E-state index contributed by atoms with van der Waals surface area (Å²) in [7, 11) is 0. The van der Waals surface area contributed by atoms with Gasteiger partial charge in [0.15, 0.2) is 18.1 Å². The summed E-state index contributed by atoms with van der Waals surface area (Å²) in [6.45, 7) is 9.11. The van der Waals surface area contributed by atoms with Crippen LogP contribution in [0.15, 0.2) is 53.9 Å². The van der Waals surface area contributed by atoms with E-state index in [1.807, 2.05) is 54.8 Å². The van der Waals surface area contributed by atoms with Crippen LogP contribution in [-0.2, 0) is 11.3 Å². The highest BCUT2D eigenvalue weighted by molar-refractivity contribution is 7.10. The molecule has 1 aliphatic heterocycles. The molecular formula is C26H30N2O4S. The minimum Gasteiger partial charge on any atom is -0.483 e. The molecule has 0 spiro atoms. The molecule has 1 N–H and O–H groups in total. The van der Waals surface area contributed by atoms with Gasteiger partial charge < -0.3 is 19.5 Å². The molecule has 174 valence electrons. The molecule has 1 aliphatic rings. The molecule has 2 heterocycles. The van der Waals surface area contributed by atoms with Crippen molar-refractivity contribution in [3.8, 4) is 28.4 Å². The van der Waals surface area contributed by atoms with Crippen molar-refractivity contribution < 1.29 is 19.0 Å². The van der Waals surface area contributed by atoms with Crippen LogP contribution >= 0.6 is 11.3 Å². The Bertz CT molecular complexity index is 1080. The third kappa shape index (κ3) is 5.67. The quantitative estimate of drug-likeness (QED) is 0.443. The first-order chi connectivity index (χ1) is 16.1. The molecule has 7 heteroatoms. The Morgan fingerprint density at radius 2 is 1.85 bits per heavy atom. The molecule has 0 bridgehead atoms. The number of benzene rings is 2. The third-order valence-electron chi connectivity index (χ3n) is 5.76. The van der Waals surface area contributed by atoms with Crippen molar-refractivity contribution in [1.29, 1.82) is 0 Å². The monoisotopic (exact) mass is 466 g/mol. The highest BCUT2D eigenvalue weighted by atomic mass is 32.1. The van der Waals surface area contributed by atoms with Crippen LogP contribution in [0.1, 0.15) is 37.3 Å². The van der Waals surface area contributed by atoms with E-state index in [0.717, 1.165) is 58.5 Å². The van der Waals surface area contributed by atoms with E-state index in [1.165, 1.54) is 0 Å². The Labute approximate surface area is 199 Å². The molecule has 1 unspecified atom stereocenters. The largest absolute Gasteiger partial charge is 0.483 e. The number of fused-ring (bicyclic) bond motifs is 1. The van der Waals surface area contributed by atoms with E-state index >= 15 is 0 Å². The summed E-state index contributed by atoms with van der Waals surface area (Å²) < 4.78 is 17.0. The number of rotatable bonds is 10. The van der Waals surface area contributed by atoms with E-state index in [0.29, 0.717) is 0 Å². The first kappa shape index (κ1) is 23.1. The molecule has 1 amide bonds. The fourth-order valence-corrected chi connectivity index (χ4v) is 4.56. The second kappa shape index (κ2) is 10.7. The van der Waals surface area contributed by atoms with Gasteiger partial charge in [0.25, 0.3) is 5.91 Å². The second-order valence-corrected chi connectivity index (χ2v) is 8.92. The summed E-state index contributed by atoms with van der Waals surface area (Å²) in [5, 5.41) is 5.02. The average molecular weight is 467 g/mol. The van der Waals surface area contributed by atoms with Crippen LogP contribution in [0.3, 0.4) is 0 Å². The van der Waals surface area contributed by atoms with Crippen molar-refractivity contribution in [3.05, 3.63) is 64.4 Å². The van der Waals surface area contributed by atoms with E-state index in [9.17, 15) is 4.79 Å². The van der Waals surface area contributed by atoms with Gasteiger partial charge in [-0.3, -0.25) is 9.69 Å². The Morgan fingerprint density at radius 3 is 2.61 bits per heavy atom. The van der Waals surface area contributed by atoms with Gasteiger partial charge in [-0.15, -0.1) is 11.3 Å². The number of hydrogen-bond donors (Lipinski definition) is 1. The summed E-state index contributed by atoms with van der Waals surface area (Å²) in [6.07, 6.45) is 0. The Morgan fingerprint density at radius 1 is 1.09 bits per heavy atom. The number of hydrogen-bond acceptors (Lipinski definition) is 6. The molecule has 0 radical (unpaired) electrons. The lowest BCUT2D eigenvalue weighted by Crippen LogP contribution is -2.31. The molecule has 3 aromatic rings. The molecule has 1 atom stereocenters. The lowest BCUT2D eigenvalue weighted by atomic mass is 10.0. The van der Waals surface area contributed by atoms with E-state index in [4.69, 9.17) is 14.2 Å².